The molecule has 0 unspecified atom stereocenters. The maximum absolute atomic E-state index is 11.7. The zero-order valence-corrected chi connectivity index (χ0v) is 19.5. The molecule has 4 aliphatic rings. The van der Waals surface area contributed by atoms with E-state index in [9.17, 15) is 15.0 Å². The van der Waals surface area contributed by atoms with Gasteiger partial charge in [0.25, 0.3) is 0 Å². The summed E-state index contributed by atoms with van der Waals surface area (Å²) < 4.78 is 0. The summed E-state index contributed by atoms with van der Waals surface area (Å²) in [5.41, 5.74) is 0.480. The Labute approximate surface area is 182 Å². The monoisotopic (exact) mass is 420 g/mol. The number of rotatable bonds is 5. The third-order valence-electron chi connectivity index (χ3n) is 11.0. The number of fused-ring (bicyclic) bond motifs is 5. The first kappa shape index (κ1) is 22.6. The van der Waals surface area contributed by atoms with Gasteiger partial charge in [0.05, 0.1) is 12.2 Å². The Kier molecular flexibility index (Phi) is 6.07. The van der Waals surface area contributed by atoms with Gasteiger partial charge in [-0.2, -0.15) is 0 Å². The fourth-order valence-corrected chi connectivity index (χ4v) is 9.48. The van der Waals surface area contributed by atoms with Gasteiger partial charge in [-0.05, 0) is 104 Å². The minimum absolute atomic E-state index is 0.194. The van der Waals surface area contributed by atoms with Crippen LogP contribution in [0.3, 0.4) is 0 Å². The summed E-state index contributed by atoms with van der Waals surface area (Å²) >= 11 is 0. The lowest BCUT2D eigenvalue weighted by Gasteiger charge is -2.64. The maximum atomic E-state index is 11.7. The Morgan fingerprint density at radius 3 is 2.33 bits per heavy atom. The van der Waals surface area contributed by atoms with Gasteiger partial charge in [-0.1, -0.05) is 34.1 Å². The Morgan fingerprint density at radius 2 is 1.67 bits per heavy atom. The van der Waals surface area contributed by atoms with Gasteiger partial charge in [-0.25, -0.2) is 0 Å². The fourth-order valence-electron chi connectivity index (χ4n) is 9.48. The normalized spacial score (nSPS) is 51.5. The topological polar surface area (TPSA) is 77.8 Å². The predicted molar refractivity (Wildman–Crippen MR) is 118 cm³/mol. The van der Waals surface area contributed by atoms with E-state index < -0.39 is 5.97 Å². The molecule has 0 spiro atoms. The van der Waals surface area contributed by atoms with Crippen LogP contribution >= 0.6 is 0 Å². The Hall–Kier alpha value is -0.610. The average Bonchev–Trinajstić information content (AvgIpc) is 3.05. The minimum atomic E-state index is -0.683. The molecule has 4 nitrogen and oxygen atoms in total. The number of carbonyl (C=O) groups is 1. The third-order valence-corrected chi connectivity index (χ3v) is 11.0. The van der Waals surface area contributed by atoms with E-state index in [0.29, 0.717) is 41.4 Å². The highest BCUT2D eigenvalue weighted by atomic mass is 16.4. The average molecular weight is 421 g/mol. The molecule has 4 heteroatoms. The molecule has 0 aromatic carbocycles. The van der Waals surface area contributed by atoms with E-state index in [1.807, 2.05) is 0 Å². The first-order valence-electron chi connectivity index (χ1n) is 12.7. The number of carboxylic acids is 1. The summed E-state index contributed by atoms with van der Waals surface area (Å²) in [6.07, 6.45) is 9.27. The van der Waals surface area contributed by atoms with E-state index in [-0.39, 0.29) is 29.5 Å². The molecular weight excluding hydrogens is 376 g/mol. The van der Waals surface area contributed by atoms with Crippen molar-refractivity contribution in [3.63, 3.8) is 0 Å². The summed E-state index contributed by atoms with van der Waals surface area (Å²) in [5, 5.41) is 31.3. The van der Waals surface area contributed by atoms with Gasteiger partial charge in [-0.15, -0.1) is 0 Å². The van der Waals surface area contributed by atoms with E-state index in [4.69, 9.17) is 5.11 Å². The molecule has 4 fully saturated rings. The van der Waals surface area contributed by atoms with Crippen molar-refractivity contribution in [3.05, 3.63) is 0 Å². The van der Waals surface area contributed by atoms with Crippen LogP contribution < -0.4 is 0 Å². The van der Waals surface area contributed by atoms with Crippen LogP contribution in [0.1, 0.15) is 91.9 Å². The van der Waals surface area contributed by atoms with Crippen LogP contribution in [0.5, 0.6) is 0 Å². The van der Waals surface area contributed by atoms with Crippen LogP contribution in [-0.2, 0) is 4.79 Å². The smallest absolute Gasteiger partial charge is 0.303 e. The summed E-state index contributed by atoms with van der Waals surface area (Å²) in [4.78, 5) is 11.1. The van der Waals surface area contributed by atoms with Gasteiger partial charge in [0.2, 0.25) is 0 Å². The molecule has 0 radical (unpaired) electrons. The number of hydrogen-bond acceptors (Lipinski definition) is 3. The zero-order chi connectivity index (χ0) is 21.8. The third kappa shape index (κ3) is 3.36. The van der Waals surface area contributed by atoms with Crippen LogP contribution in [0.4, 0.5) is 0 Å². The van der Waals surface area contributed by atoms with Crippen LogP contribution in [0.15, 0.2) is 0 Å². The van der Waals surface area contributed by atoms with Gasteiger partial charge in [0.1, 0.15) is 0 Å². The molecule has 0 bridgehead atoms. The molecule has 3 N–H and O–H groups in total. The molecule has 0 amide bonds. The highest BCUT2D eigenvalue weighted by molar-refractivity contribution is 5.66. The fraction of sp³-hybridized carbons (Fsp3) is 0.962. The molecule has 172 valence electrons. The number of hydrogen-bond donors (Lipinski definition) is 3. The van der Waals surface area contributed by atoms with E-state index >= 15 is 0 Å². The van der Waals surface area contributed by atoms with Crippen molar-refractivity contribution in [2.24, 2.45) is 52.3 Å². The molecule has 4 saturated carbocycles. The number of aliphatic hydroxyl groups excluding tert-OH is 2. The summed E-state index contributed by atoms with van der Waals surface area (Å²) in [7, 11) is 0. The molecule has 0 aromatic heterocycles. The van der Waals surface area contributed by atoms with Crippen molar-refractivity contribution in [3.8, 4) is 0 Å². The van der Waals surface area contributed by atoms with Crippen molar-refractivity contribution in [2.75, 3.05) is 0 Å². The second-order valence-corrected chi connectivity index (χ2v) is 12.0. The van der Waals surface area contributed by atoms with Gasteiger partial charge in [0.15, 0.2) is 0 Å². The molecule has 4 rings (SSSR count). The SMILES string of the molecule is CC[C@H]1[C@@H](O)[C@H]2[C@@H](CC[C@@]3(C)[C@@H]2CC[C@H]3[C@H](C)CCC(=O)O)[C@@]2(C)CC[C@H](O)C[C@H]12. The molecule has 0 aromatic rings. The summed E-state index contributed by atoms with van der Waals surface area (Å²) in [5.74, 6) is 2.58. The van der Waals surface area contributed by atoms with E-state index in [1.165, 1.54) is 25.7 Å². The van der Waals surface area contributed by atoms with Crippen LogP contribution in [0, 0.1) is 52.3 Å². The van der Waals surface area contributed by atoms with E-state index in [0.717, 1.165) is 32.1 Å². The molecular formula is C26H44O4. The molecule has 11 atom stereocenters. The second-order valence-electron chi connectivity index (χ2n) is 12.0. The second kappa shape index (κ2) is 8.06. The predicted octanol–water partition coefficient (Wildman–Crippen LogP) is 5.11. The van der Waals surface area contributed by atoms with Crippen LogP contribution in [0.25, 0.3) is 0 Å². The molecule has 30 heavy (non-hydrogen) atoms. The quantitative estimate of drug-likeness (QED) is 0.577. The van der Waals surface area contributed by atoms with Gasteiger partial charge in [-0.3, -0.25) is 4.79 Å². The van der Waals surface area contributed by atoms with E-state index in [2.05, 4.69) is 27.7 Å². The largest absolute Gasteiger partial charge is 0.481 e. The van der Waals surface area contributed by atoms with Crippen molar-refractivity contribution < 1.29 is 20.1 Å². The summed E-state index contributed by atoms with van der Waals surface area (Å²) in [6, 6.07) is 0. The summed E-state index contributed by atoms with van der Waals surface area (Å²) in [6.45, 7) is 9.44. The first-order chi connectivity index (χ1) is 14.1. The number of aliphatic hydroxyl groups is 2. The Bertz CT molecular complexity index is 649. The van der Waals surface area contributed by atoms with Crippen molar-refractivity contribution in [2.45, 2.75) is 104 Å². The van der Waals surface area contributed by atoms with Crippen molar-refractivity contribution >= 4 is 5.97 Å². The number of carboxylic acid groups (broad SMARTS) is 1. The highest BCUT2D eigenvalue weighted by Gasteiger charge is 2.64. The first-order valence-corrected chi connectivity index (χ1v) is 12.7. The standard InChI is InChI=1S/C26H44O4/c1-5-17-21-14-16(27)10-12-26(21,4)20-11-13-25(3)18(15(2)6-9-22(28)29)7-8-19(25)23(20)24(17)30/h15-21,23-24,27,30H,5-14H2,1-4H3,(H,28,29)/t15-,16+,17-,18+,19-,20-,21-,23-,24-,25-,26-/m1/s1. The zero-order valence-electron chi connectivity index (χ0n) is 19.5. The van der Waals surface area contributed by atoms with Gasteiger partial charge >= 0.3 is 5.97 Å². The maximum Gasteiger partial charge on any atom is 0.303 e. The Balaban J connectivity index is 1.61. The van der Waals surface area contributed by atoms with Gasteiger partial charge < -0.3 is 15.3 Å². The lowest BCUT2D eigenvalue weighted by atomic mass is 9.41. The molecule has 0 aliphatic heterocycles. The highest BCUT2D eigenvalue weighted by Crippen LogP contribution is 2.69. The minimum Gasteiger partial charge on any atom is -0.481 e. The van der Waals surface area contributed by atoms with Crippen LogP contribution in [0.2, 0.25) is 0 Å². The van der Waals surface area contributed by atoms with E-state index in [1.54, 1.807) is 0 Å². The van der Waals surface area contributed by atoms with Gasteiger partial charge in [0, 0.05) is 6.42 Å². The van der Waals surface area contributed by atoms with Crippen LogP contribution in [-0.4, -0.2) is 33.5 Å². The number of aliphatic carboxylic acids is 1. The lowest BCUT2D eigenvalue weighted by molar-refractivity contribution is -0.203. The molecule has 0 saturated heterocycles. The van der Waals surface area contributed by atoms with Crippen molar-refractivity contribution in [1.29, 1.82) is 0 Å². The lowest BCUT2D eigenvalue weighted by Crippen LogP contribution is -2.62. The van der Waals surface area contributed by atoms with Crippen molar-refractivity contribution in [1.82, 2.24) is 0 Å². The Morgan fingerprint density at radius 1 is 1.00 bits per heavy atom. The molecule has 4 aliphatic carbocycles. The molecule has 0 heterocycles.